The van der Waals surface area contributed by atoms with E-state index in [1.807, 2.05) is 30.3 Å². The molecule has 4 nitrogen and oxygen atoms in total. The second-order valence-electron chi connectivity index (χ2n) is 5.76. The Morgan fingerprint density at radius 3 is 2.27 bits per heavy atom. The summed E-state index contributed by atoms with van der Waals surface area (Å²) in [6.45, 7) is 1.77. The Labute approximate surface area is 149 Å². The number of benzene rings is 2. The Hall–Kier alpha value is -3.09. The first kappa shape index (κ1) is 17.7. The van der Waals surface area contributed by atoms with Crippen LogP contribution in [0.15, 0.2) is 60.7 Å². The van der Waals surface area contributed by atoms with Crippen LogP contribution in [-0.2, 0) is 6.18 Å². The minimum Gasteiger partial charge on any atom is -0.340 e. The Bertz CT molecular complexity index is 895. The van der Waals surface area contributed by atoms with Crippen molar-refractivity contribution in [3.05, 3.63) is 71.9 Å². The summed E-state index contributed by atoms with van der Waals surface area (Å²) in [5, 5.41) is 2.77. The lowest BCUT2D eigenvalue weighted by molar-refractivity contribution is -0.136. The van der Waals surface area contributed by atoms with E-state index in [9.17, 15) is 13.2 Å². The molecule has 0 saturated heterocycles. The van der Waals surface area contributed by atoms with Crippen LogP contribution in [0.3, 0.4) is 0 Å². The summed E-state index contributed by atoms with van der Waals surface area (Å²) >= 11 is 0. The van der Waals surface area contributed by atoms with E-state index in [1.54, 1.807) is 31.0 Å². The second-order valence-corrected chi connectivity index (χ2v) is 5.76. The van der Waals surface area contributed by atoms with E-state index in [2.05, 4.69) is 15.3 Å². The zero-order chi connectivity index (χ0) is 18.7. The van der Waals surface area contributed by atoms with Gasteiger partial charge in [-0.05, 0) is 31.2 Å². The first-order chi connectivity index (χ1) is 12.3. The van der Waals surface area contributed by atoms with Crippen molar-refractivity contribution in [3.63, 3.8) is 0 Å². The van der Waals surface area contributed by atoms with Gasteiger partial charge in [0.1, 0.15) is 5.82 Å². The molecule has 2 aromatic carbocycles. The SMILES string of the molecule is Cc1cc(Nc2ccccc2C(F)(F)F)nc(N(C)c2ccccc2)n1. The topological polar surface area (TPSA) is 41.1 Å². The van der Waals surface area contributed by atoms with E-state index < -0.39 is 11.7 Å². The quantitative estimate of drug-likeness (QED) is 0.686. The summed E-state index contributed by atoms with van der Waals surface area (Å²) in [7, 11) is 1.80. The van der Waals surface area contributed by atoms with Crippen LogP contribution in [0.1, 0.15) is 11.3 Å². The van der Waals surface area contributed by atoms with Crippen LogP contribution in [0.2, 0.25) is 0 Å². The molecule has 1 heterocycles. The first-order valence-corrected chi connectivity index (χ1v) is 7.92. The van der Waals surface area contributed by atoms with Crippen molar-refractivity contribution in [1.29, 1.82) is 0 Å². The van der Waals surface area contributed by atoms with Crippen molar-refractivity contribution >= 4 is 23.1 Å². The molecule has 0 amide bonds. The van der Waals surface area contributed by atoms with Gasteiger partial charge in [0.15, 0.2) is 0 Å². The van der Waals surface area contributed by atoms with Crippen molar-refractivity contribution in [3.8, 4) is 0 Å². The number of para-hydroxylation sites is 2. The van der Waals surface area contributed by atoms with Gasteiger partial charge in [-0.2, -0.15) is 18.2 Å². The van der Waals surface area contributed by atoms with E-state index in [0.29, 0.717) is 17.5 Å². The van der Waals surface area contributed by atoms with Crippen molar-refractivity contribution in [2.75, 3.05) is 17.3 Å². The molecule has 0 fully saturated rings. The monoisotopic (exact) mass is 358 g/mol. The zero-order valence-corrected chi connectivity index (χ0v) is 14.2. The number of nitrogens with zero attached hydrogens (tertiary/aromatic N) is 3. The third kappa shape index (κ3) is 3.93. The largest absolute Gasteiger partial charge is 0.418 e. The Kier molecular flexibility index (Phi) is 4.79. The fourth-order valence-electron chi connectivity index (χ4n) is 2.51. The predicted octanol–water partition coefficient (Wildman–Crippen LogP) is 5.32. The molecule has 3 aromatic rings. The Balaban J connectivity index is 1.95. The van der Waals surface area contributed by atoms with E-state index >= 15 is 0 Å². The molecule has 26 heavy (non-hydrogen) atoms. The van der Waals surface area contributed by atoms with E-state index in [4.69, 9.17) is 0 Å². The lowest BCUT2D eigenvalue weighted by Gasteiger charge is -2.19. The van der Waals surface area contributed by atoms with Gasteiger partial charge in [-0.3, -0.25) is 0 Å². The summed E-state index contributed by atoms with van der Waals surface area (Å²) in [6.07, 6.45) is -4.45. The molecule has 1 N–H and O–H groups in total. The smallest absolute Gasteiger partial charge is 0.340 e. The molecule has 0 atom stereocenters. The average molecular weight is 358 g/mol. The van der Waals surface area contributed by atoms with Crippen LogP contribution in [0.25, 0.3) is 0 Å². The Morgan fingerprint density at radius 2 is 1.58 bits per heavy atom. The van der Waals surface area contributed by atoms with Gasteiger partial charge in [-0.1, -0.05) is 30.3 Å². The van der Waals surface area contributed by atoms with E-state index in [0.717, 1.165) is 11.8 Å². The first-order valence-electron chi connectivity index (χ1n) is 7.92. The predicted molar refractivity (Wildman–Crippen MR) is 96.0 cm³/mol. The van der Waals surface area contributed by atoms with Crippen molar-refractivity contribution in [2.24, 2.45) is 0 Å². The number of aromatic nitrogens is 2. The van der Waals surface area contributed by atoms with Crippen LogP contribution >= 0.6 is 0 Å². The molecule has 0 bridgehead atoms. The lowest BCUT2D eigenvalue weighted by atomic mass is 10.1. The highest BCUT2D eigenvalue weighted by Gasteiger charge is 2.33. The lowest BCUT2D eigenvalue weighted by Crippen LogP contribution is -2.15. The average Bonchev–Trinajstić information content (AvgIpc) is 2.61. The maximum absolute atomic E-state index is 13.2. The Morgan fingerprint density at radius 1 is 0.923 bits per heavy atom. The molecule has 7 heteroatoms. The number of halogens is 3. The van der Waals surface area contributed by atoms with Gasteiger partial charge in [-0.25, -0.2) is 4.98 Å². The minimum absolute atomic E-state index is 0.0496. The standard InChI is InChI=1S/C19H17F3N4/c1-13-12-17(24-16-11-7-6-10-15(16)19(20,21)22)25-18(23-13)26(2)14-8-4-3-5-9-14/h3-12H,1-2H3,(H,23,24,25). The van der Waals surface area contributed by atoms with Crippen molar-refractivity contribution in [2.45, 2.75) is 13.1 Å². The second kappa shape index (κ2) is 7.03. The van der Waals surface area contributed by atoms with Crippen LogP contribution in [-0.4, -0.2) is 17.0 Å². The summed E-state index contributed by atoms with van der Waals surface area (Å²) in [4.78, 5) is 10.5. The highest BCUT2D eigenvalue weighted by Crippen LogP contribution is 2.35. The summed E-state index contributed by atoms with van der Waals surface area (Å²) in [5.74, 6) is 0.690. The van der Waals surface area contributed by atoms with Crippen LogP contribution in [0, 0.1) is 6.92 Å². The van der Waals surface area contributed by atoms with Crippen LogP contribution in [0.5, 0.6) is 0 Å². The fraction of sp³-hybridized carbons (Fsp3) is 0.158. The number of hydrogen-bond acceptors (Lipinski definition) is 4. The maximum Gasteiger partial charge on any atom is 0.418 e. The third-order valence-electron chi connectivity index (χ3n) is 3.78. The molecule has 0 spiro atoms. The molecule has 0 unspecified atom stereocenters. The molecule has 134 valence electrons. The molecule has 0 radical (unpaired) electrons. The van der Waals surface area contributed by atoms with E-state index in [-0.39, 0.29) is 5.69 Å². The fourth-order valence-corrected chi connectivity index (χ4v) is 2.51. The number of hydrogen-bond donors (Lipinski definition) is 1. The summed E-state index contributed by atoms with van der Waals surface area (Å²) in [6, 6.07) is 16.4. The van der Waals surface area contributed by atoms with Gasteiger partial charge >= 0.3 is 6.18 Å². The van der Waals surface area contributed by atoms with Crippen molar-refractivity contribution in [1.82, 2.24) is 9.97 Å². The molecular formula is C19H17F3N4. The minimum atomic E-state index is -4.45. The molecular weight excluding hydrogens is 341 g/mol. The molecule has 0 aliphatic heterocycles. The van der Waals surface area contributed by atoms with Crippen LogP contribution < -0.4 is 10.2 Å². The third-order valence-corrected chi connectivity index (χ3v) is 3.78. The summed E-state index contributed by atoms with van der Waals surface area (Å²) in [5.41, 5.74) is 0.727. The molecule has 3 rings (SSSR count). The van der Waals surface area contributed by atoms with Crippen LogP contribution in [0.4, 0.5) is 36.3 Å². The molecule has 1 aromatic heterocycles. The summed E-state index contributed by atoms with van der Waals surface area (Å²) < 4.78 is 39.5. The van der Waals surface area contributed by atoms with Gasteiger partial charge < -0.3 is 10.2 Å². The number of nitrogens with one attached hydrogen (secondary N) is 1. The highest BCUT2D eigenvalue weighted by atomic mass is 19.4. The normalized spacial score (nSPS) is 11.3. The highest BCUT2D eigenvalue weighted by molar-refractivity contribution is 5.64. The number of rotatable bonds is 4. The molecule has 0 aliphatic rings. The number of alkyl halides is 3. The number of aryl methyl sites for hydroxylation is 1. The van der Waals surface area contributed by atoms with Gasteiger partial charge in [0.05, 0.1) is 11.3 Å². The van der Waals surface area contributed by atoms with Gasteiger partial charge in [-0.15, -0.1) is 0 Å². The number of anilines is 4. The molecule has 0 saturated carbocycles. The van der Waals surface area contributed by atoms with Gasteiger partial charge in [0.2, 0.25) is 5.95 Å². The molecule has 0 aliphatic carbocycles. The van der Waals surface area contributed by atoms with Gasteiger partial charge in [0, 0.05) is 24.5 Å². The zero-order valence-electron chi connectivity index (χ0n) is 14.2. The maximum atomic E-state index is 13.2. The van der Waals surface area contributed by atoms with Gasteiger partial charge in [0.25, 0.3) is 0 Å². The van der Waals surface area contributed by atoms with Crippen molar-refractivity contribution < 1.29 is 13.2 Å². The van der Waals surface area contributed by atoms with E-state index in [1.165, 1.54) is 12.1 Å².